The van der Waals surface area contributed by atoms with Gasteiger partial charge in [0.2, 0.25) is 5.75 Å². The Hall–Kier alpha value is -2.81. The van der Waals surface area contributed by atoms with Crippen LogP contribution < -0.4 is 14.2 Å². The number of ether oxygens (including phenoxy) is 3. The van der Waals surface area contributed by atoms with Crippen LogP contribution in [-0.2, 0) is 16.4 Å². The number of carbonyl (C=O) groups is 1. The number of sulfone groups is 1. The van der Waals surface area contributed by atoms with Gasteiger partial charge in [-0.1, -0.05) is 12.1 Å². The number of methoxy groups -OCH3 is 3. The number of halogens is 1. The fraction of sp³-hybridized carbons (Fsp3) is 0.381. The number of hydrogen-bond donors (Lipinski definition) is 0. The molecule has 162 valence electrons. The Kier molecular flexibility index (Phi) is 6.50. The average Bonchev–Trinajstić information content (AvgIpc) is 3.10. The van der Waals surface area contributed by atoms with E-state index in [-0.39, 0.29) is 35.3 Å². The van der Waals surface area contributed by atoms with Gasteiger partial charge in [-0.25, -0.2) is 12.8 Å². The van der Waals surface area contributed by atoms with Crippen LogP contribution in [0.15, 0.2) is 36.4 Å². The molecule has 2 aromatic carbocycles. The van der Waals surface area contributed by atoms with Crippen molar-refractivity contribution in [3.8, 4) is 17.2 Å². The van der Waals surface area contributed by atoms with Crippen LogP contribution in [0.3, 0.4) is 0 Å². The number of rotatable bonds is 7. The molecule has 1 heterocycles. The Morgan fingerprint density at radius 1 is 1.07 bits per heavy atom. The number of hydrogen-bond acceptors (Lipinski definition) is 6. The summed E-state index contributed by atoms with van der Waals surface area (Å²) in [5, 5.41) is 0. The second kappa shape index (κ2) is 8.91. The summed E-state index contributed by atoms with van der Waals surface area (Å²) in [6.45, 7) is 0.149. The highest BCUT2D eigenvalue weighted by molar-refractivity contribution is 7.91. The summed E-state index contributed by atoms with van der Waals surface area (Å²) in [4.78, 5) is 15.0. The smallest absolute Gasteiger partial charge is 0.254 e. The first kappa shape index (κ1) is 21.9. The number of amides is 1. The Morgan fingerprint density at radius 3 is 2.13 bits per heavy atom. The van der Waals surface area contributed by atoms with E-state index in [1.54, 1.807) is 12.1 Å². The minimum absolute atomic E-state index is 0.0279. The molecular weight excluding hydrogens is 413 g/mol. The predicted octanol–water partition coefficient (Wildman–Crippen LogP) is 2.68. The van der Waals surface area contributed by atoms with Gasteiger partial charge in [0, 0.05) is 18.2 Å². The molecule has 3 rings (SSSR count). The van der Waals surface area contributed by atoms with Crippen LogP contribution in [-0.4, -0.2) is 58.1 Å². The summed E-state index contributed by atoms with van der Waals surface area (Å²) in [6, 6.07) is 8.36. The highest BCUT2D eigenvalue weighted by Crippen LogP contribution is 2.39. The molecule has 1 aliphatic rings. The molecule has 0 saturated carbocycles. The Labute approximate surface area is 175 Å². The van der Waals surface area contributed by atoms with Gasteiger partial charge < -0.3 is 19.1 Å². The molecule has 0 radical (unpaired) electrons. The fourth-order valence-corrected chi connectivity index (χ4v) is 5.28. The first-order valence-corrected chi connectivity index (χ1v) is 11.2. The van der Waals surface area contributed by atoms with E-state index in [2.05, 4.69) is 0 Å². The van der Waals surface area contributed by atoms with Gasteiger partial charge >= 0.3 is 0 Å². The summed E-state index contributed by atoms with van der Waals surface area (Å²) in [6.07, 6.45) is 0.347. The molecule has 0 aromatic heterocycles. The maximum Gasteiger partial charge on any atom is 0.254 e. The third kappa shape index (κ3) is 4.67. The summed E-state index contributed by atoms with van der Waals surface area (Å²) in [7, 11) is 1.15. The van der Waals surface area contributed by atoms with E-state index < -0.39 is 15.9 Å². The van der Waals surface area contributed by atoms with Gasteiger partial charge in [-0.15, -0.1) is 0 Å². The van der Waals surface area contributed by atoms with Crippen molar-refractivity contribution in [3.05, 3.63) is 53.3 Å². The molecule has 1 saturated heterocycles. The zero-order chi connectivity index (χ0) is 21.9. The summed E-state index contributed by atoms with van der Waals surface area (Å²) < 4.78 is 53.3. The van der Waals surface area contributed by atoms with E-state index >= 15 is 0 Å². The maximum atomic E-state index is 13.5. The third-order valence-electron chi connectivity index (χ3n) is 5.09. The van der Waals surface area contributed by atoms with Gasteiger partial charge in [0.15, 0.2) is 21.3 Å². The van der Waals surface area contributed by atoms with Crippen LogP contribution in [0, 0.1) is 5.82 Å². The minimum Gasteiger partial charge on any atom is -0.493 e. The van der Waals surface area contributed by atoms with Gasteiger partial charge in [-0.05, 0) is 36.2 Å². The standard InChI is InChI=1S/C21H24FNO6S/c1-27-18-10-15(11-19(28-2)20(18)29-3)21(24)23(17-8-9-30(25,26)13-17)12-14-4-6-16(22)7-5-14/h4-7,10-11,17H,8-9,12-13H2,1-3H3/t17-/m0/s1. The SMILES string of the molecule is COc1cc(C(=O)N(Cc2ccc(F)cc2)[C@H]2CCS(=O)(=O)C2)cc(OC)c1OC. The Morgan fingerprint density at radius 2 is 1.67 bits per heavy atom. The van der Waals surface area contributed by atoms with Crippen LogP contribution in [0.1, 0.15) is 22.3 Å². The number of nitrogens with zero attached hydrogens (tertiary/aromatic N) is 1. The molecule has 0 spiro atoms. The second-order valence-electron chi connectivity index (χ2n) is 7.03. The molecule has 7 nitrogen and oxygen atoms in total. The molecule has 1 atom stereocenters. The summed E-state index contributed by atoms with van der Waals surface area (Å²) >= 11 is 0. The highest BCUT2D eigenvalue weighted by Gasteiger charge is 2.35. The largest absolute Gasteiger partial charge is 0.493 e. The van der Waals surface area contributed by atoms with Crippen molar-refractivity contribution < 1.29 is 31.8 Å². The molecule has 0 bridgehead atoms. The molecule has 0 aliphatic carbocycles. The van der Waals surface area contributed by atoms with Gasteiger partial charge in [0.1, 0.15) is 5.82 Å². The zero-order valence-electron chi connectivity index (χ0n) is 17.1. The van der Waals surface area contributed by atoms with Crippen molar-refractivity contribution in [1.29, 1.82) is 0 Å². The topological polar surface area (TPSA) is 82.1 Å². The van der Waals surface area contributed by atoms with E-state index in [0.29, 0.717) is 29.2 Å². The van der Waals surface area contributed by atoms with Crippen molar-refractivity contribution in [2.24, 2.45) is 0 Å². The maximum absolute atomic E-state index is 13.5. The highest BCUT2D eigenvalue weighted by atomic mass is 32.2. The summed E-state index contributed by atoms with van der Waals surface area (Å²) in [5.74, 6) is 0.155. The van der Waals surface area contributed by atoms with Crippen molar-refractivity contribution in [1.82, 2.24) is 4.90 Å². The molecular formula is C21H24FNO6S. The lowest BCUT2D eigenvalue weighted by Gasteiger charge is -2.29. The van der Waals surface area contributed by atoms with Crippen molar-refractivity contribution in [2.75, 3.05) is 32.8 Å². The van der Waals surface area contributed by atoms with Crippen molar-refractivity contribution >= 4 is 15.7 Å². The zero-order valence-corrected chi connectivity index (χ0v) is 17.9. The van der Waals surface area contributed by atoms with Crippen molar-refractivity contribution in [3.63, 3.8) is 0 Å². The molecule has 1 fully saturated rings. The van der Waals surface area contributed by atoms with Crippen LogP contribution in [0.2, 0.25) is 0 Å². The fourth-order valence-electron chi connectivity index (χ4n) is 3.54. The van der Waals surface area contributed by atoms with Crippen LogP contribution in [0.4, 0.5) is 4.39 Å². The van der Waals surface area contributed by atoms with Gasteiger partial charge in [-0.3, -0.25) is 4.79 Å². The number of carbonyl (C=O) groups excluding carboxylic acids is 1. The van der Waals surface area contributed by atoms with E-state index in [4.69, 9.17) is 14.2 Å². The lowest BCUT2D eigenvalue weighted by Crippen LogP contribution is -2.40. The van der Waals surface area contributed by atoms with E-state index in [1.807, 2.05) is 0 Å². The molecule has 9 heteroatoms. The normalized spacial score (nSPS) is 17.4. The lowest BCUT2D eigenvalue weighted by molar-refractivity contribution is 0.0680. The second-order valence-corrected chi connectivity index (χ2v) is 9.26. The van der Waals surface area contributed by atoms with Gasteiger partial charge in [-0.2, -0.15) is 0 Å². The van der Waals surface area contributed by atoms with Crippen LogP contribution in [0.25, 0.3) is 0 Å². The molecule has 0 unspecified atom stereocenters. The molecule has 1 amide bonds. The Balaban J connectivity index is 2.00. The van der Waals surface area contributed by atoms with Crippen LogP contribution in [0.5, 0.6) is 17.2 Å². The van der Waals surface area contributed by atoms with Gasteiger partial charge in [0.05, 0.1) is 32.8 Å². The quantitative estimate of drug-likeness (QED) is 0.663. The van der Waals surface area contributed by atoms with E-state index in [1.165, 1.54) is 50.5 Å². The van der Waals surface area contributed by atoms with Gasteiger partial charge in [0.25, 0.3) is 5.91 Å². The molecule has 0 N–H and O–H groups in total. The molecule has 30 heavy (non-hydrogen) atoms. The molecule has 1 aliphatic heterocycles. The van der Waals surface area contributed by atoms with Crippen molar-refractivity contribution in [2.45, 2.75) is 19.0 Å². The Bertz CT molecular complexity index is 997. The van der Waals surface area contributed by atoms with E-state index in [0.717, 1.165) is 0 Å². The summed E-state index contributed by atoms with van der Waals surface area (Å²) in [5.41, 5.74) is 0.970. The third-order valence-corrected chi connectivity index (χ3v) is 6.84. The average molecular weight is 437 g/mol. The predicted molar refractivity (Wildman–Crippen MR) is 109 cm³/mol. The lowest BCUT2D eigenvalue weighted by atomic mass is 10.1. The monoisotopic (exact) mass is 437 g/mol. The molecule has 2 aromatic rings. The van der Waals surface area contributed by atoms with E-state index in [9.17, 15) is 17.6 Å². The first-order chi connectivity index (χ1) is 14.3. The first-order valence-electron chi connectivity index (χ1n) is 9.34. The van der Waals surface area contributed by atoms with Crippen LogP contribution >= 0.6 is 0 Å². The minimum atomic E-state index is -3.21. The number of benzene rings is 2.